The minimum atomic E-state index is -1.16. The van der Waals surface area contributed by atoms with Gasteiger partial charge in [-0.05, 0) is 0 Å². The molecule has 0 aromatic heterocycles. The molecule has 0 bridgehead atoms. The Morgan fingerprint density at radius 1 is 1.18 bits per heavy atom. The van der Waals surface area contributed by atoms with E-state index in [9.17, 15) is 5.11 Å². The number of hydrogen-bond acceptors (Lipinski definition) is 5. The van der Waals surface area contributed by atoms with Crippen LogP contribution < -0.4 is 5.32 Å². The number of β-amino-alcohol motifs (C(OH)–C–C–N with tert-alkyl or cyclic N) is 1. The third-order valence-corrected chi connectivity index (χ3v) is 1.94. The lowest BCUT2D eigenvalue weighted by molar-refractivity contribution is -0.101. The van der Waals surface area contributed by atoms with Crippen molar-refractivity contribution in [2.75, 3.05) is 13.2 Å². The van der Waals surface area contributed by atoms with Crippen LogP contribution in [0.5, 0.6) is 0 Å². The maximum atomic E-state index is 9.18. The molecule has 1 aliphatic rings. The maximum Gasteiger partial charge on any atom is 0.109 e. The molecule has 0 saturated carbocycles. The summed E-state index contributed by atoms with van der Waals surface area (Å²) in [5.41, 5.74) is 0. The van der Waals surface area contributed by atoms with Gasteiger partial charge in [-0.3, -0.25) is 0 Å². The van der Waals surface area contributed by atoms with Crippen LogP contribution in [0.3, 0.4) is 0 Å². The Hall–Kier alpha value is -0.200. The molecule has 0 radical (unpaired) electrons. The molecule has 4 atom stereocenters. The number of aliphatic hydroxyl groups excluding tert-OH is 4. The second-order valence-corrected chi connectivity index (χ2v) is 2.75. The molecule has 5 heteroatoms. The van der Waals surface area contributed by atoms with Gasteiger partial charge in [0.2, 0.25) is 0 Å². The molecular formula is C6H13NO4. The van der Waals surface area contributed by atoms with Crippen molar-refractivity contribution in [1.29, 1.82) is 0 Å². The number of aliphatic hydroxyl groups is 4. The molecule has 0 spiro atoms. The first-order valence-corrected chi connectivity index (χ1v) is 3.55. The van der Waals surface area contributed by atoms with Crippen LogP contribution in [0.15, 0.2) is 0 Å². The van der Waals surface area contributed by atoms with E-state index >= 15 is 0 Å². The Morgan fingerprint density at radius 2 is 1.82 bits per heavy atom. The van der Waals surface area contributed by atoms with Crippen LogP contribution >= 0.6 is 0 Å². The van der Waals surface area contributed by atoms with Crippen LogP contribution in [0, 0.1) is 0 Å². The smallest absolute Gasteiger partial charge is 0.109 e. The summed E-state index contributed by atoms with van der Waals surface area (Å²) in [5.74, 6) is 0. The lowest BCUT2D eigenvalue weighted by Crippen LogP contribution is -2.60. The number of hydrogen-bond donors (Lipinski definition) is 5. The van der Waals surface area contributed by atoms with E-state index in [1.54, 1.807) is 0 Å². The van der Waals surface area contributed by atoms with E-state index in [-0.39, 0.29) is 13.2 Å². The molecule has 0 aromatic carbocycles. The minimum absolute atomic E-state index is 0.198. The standard InChI is InChI=1S/C6H13NO4/c8-2-3-5(10)6(11)4(9)1-7-3/h3-11H,1-2H2/t3?,4-,5+,6?/m0/s1. The van der Waals surface area contributed by atoms with Gasteiger partial charge in [0.15, 0.2) is 0 Å². The van der Waals surface area contributed by atoms with Crippen LogP contribution in [0.1, 0.15) is 0 Å². The summed E-state index contributed by atoms with van der Waals surface area (Å²) >= 11 is 0. The number of nitrogens with one attached hydrogen (secondary N) is 1. The van der Waals surface area contributed by atoms with Crippen LogP contribution in [0.2, 0.25) is 0 Å². The fourth-order valence-corrected chi connectivity index (χ4v) is 1.15. The first kappa shape index (κ1) is 8.89. The van der Waals surface area contributed by atoms with Crippen molar-refractivity contribution in [3.63, 3.8) is 0 Å². The summed E-state index contributed by atoms with van der Waals surface area (Å²) in [6.45, 7) is -0.0472. The van der Waals surface area contributed by atoms with Gasteiger partial charge in [0.05, 0.1) is 24.9 Å². The summed E-state index contributed by atoms with van der Waals surface area (Å²) in [6, 6.07) is -0.534. The van der Waals surface area contributed by atoms with E-state index in [1.165, 1.54) is 0 Å². The highest BCUT2D eigenvalue weighted by atomic mass is 16.4. The normalized spacial score (nSPS) is 45.8. The number of rotatable bonds is 1. The van der Waals surface area contributed by atoms with Crippen molar-refractivity contribution in [2.45, 2.75) is 24.4 Å². The lowest BCUT2D eigenvalue weighted by Gasteiger charge is -2.34. The molecule has 1 heterocycles. The van der Waals surface area contributed by atoms with Crippen molar-refractivity contribution in [3.05, 3.63) is 0 Å². The Kier molecular flexibility index (Phi) is 2.80. The summed E-state index contributed by atoms with van der Waals surface area (Å²) < 4.78 is 0. The van der Waals surface area contributed by atoms with Gasteiger partial charge in [0.1, 0.15) is 6.10 Å². The van der Waals surface area contributed by atoms with E-state index in [4.69, 9.17) is 15.3 Å². The average Bonchev–Trinajstić information content (AvgIpc) is 2.01. The van der Waals surface area contributed by atoms with E-state index in [1.807, 2.05) is 0 Å². The van der Waals surface area contributed by atoms with Crippen LogP contribution in [0.25, 0.3) is 0 Å². The predicted molar refractivity (Wildman–Crippen MR) is 36.9 cm³/mol. The van der Waals surface area contributed by atoms with Gasteiger partial charge in [0, 0.05) is 6.54 Å². The van der Waals surface area contributed by atoms with Gasteiger partial charge in [-0.2, -0.15) is 0 Å². The highest BCUT2D eigenvalue weighted by Crippen LogP contribution is 2.09. The third kappa shape index (κ3) is 1.69. The fourth-order valence-electron chi connectivity index (χ4n) is 1.15. The van der Waals surface area contributed by atoms with E-state index < -0.39 is 24.4 Å². The quantitative estimate of drug-likeness (QED) is 0.285. The van der Waals surface area contributed by atoms with Crippen LogP contribution in [0.4, 0.5) is 0 Å². The SMILES string of the molecule is OCC1NC[C@H](O)C(O)[C@@H]1O. The third-order valence-electron chi connectivity index (χ3n) is 1.94. The Balaban J connectivity index is 2.52. The second-order valence-electron chi connectivity index (χ2n) is 2.75. The fraction of sp³-hybridized carbons (Fsp3) is 1.00. The molecule has 1 rings (SSSR count). The Morgan fingerprint density at radius 3 is 2.36 bits per heavy atom. The molecule has 11 heavy (non-hydrogen) atoms. The van der Waals surface area contributed by atoms with E-state index in [0.29, 0.717) is 0 Å². The van der Waals surface area contributed by atoms with Crippen LogP contribution in [-0.4, -0.2) is 57.9 Å². The summed E-state index contributed by atoms with van der Waals surface area (Å²) in [5, 5.41) is 38.6. The molecule has 5 N–H and O–H groups in total. The molecule has 66 valence electrons. The largest absolute Gasteiger partial charge is 0.395 e. The highest BCUT2D eigenvalue weighted by Gasteiger charge is 2.35. The molecule has 0 aromatic rings. The summed E-state index contributed by atoms with van der Waals surface area (Å²) in [7, 11) is 0. The Bertz CT molecular complexity index is 130. The van der Waals surface area contributed by atoms with Crippen molar-refractivity contribution in [3.8, 4) is 0 Å². The van der Waals surface area contributed by atoms with Gasteiger partial charge in [-0.15, -0.1) is 0 Å². The molecule has 1 saturated heterocycles. The van der Waals surface area contributed by atoms with Gasteiger partial charge >= 0.3 is 0 Å². The Labute approximate surface area is 64.3 Å². The molecule has 0 amide bonds. The molecule has 1 aliphatic heterocycles. The van der Waals surface area contributed by atoms with Gasteiger partial charge in [-0.1, -0.05) is 0 Å². The molecule has 0 aliphatic carbocycles. The molecular weight excluding hydrogens is 150 g/mol. The lowest BCUT2D eigenvalue weighted by atomic mass is 9.97. The van der Waals surface area contributed by atoms with Gasteiger partial charge in [-0.25, -0.2) is 0 Å². The zero-order valence-corrected chi connectivity index (χ0v) is 6.01. The zero-order chi connectivity index (χ0) is 8.43. The molecule has 5 nitrogen and oxygen atoms in total. The first-order chi connectivity index (χ1) is 5.16. The maximum absolute atomic E-state index is 9.18. The summed E-state index contributed by atoms with van der Waals surface area (Å²) in [6.07, 6.45) is -3.20. The second kappa shape index (κ2) is 3.46. The first-order valence-electron chi connectivity index (χ1n) is 3.55. The van der Waals surface area contributed by atoms with E-state index in [2.05, 4.69) is 5.32 Å². The molecule has 2 unspecified atom stereocenters. The topological polar surface area (TPSA) is 93.0 Å². The van der Waals surface area contributed by atoms with Gasteiger partial charge < -0.3 is 25.7 Å². The average molecular weight is 163 g/mol. The van der Waals surface area contributed by atoms with Crippen molar-refractivity contribution < 1.29 is 20.4 Å². The summed E-state index contributed by atoms with van der Waals surface area (Å²) in [4.78, 5) is 0. The zero-order valence-electron chi connectivity index (χ0n) is 6.01. The van der Waals surface area contributed by atoms with Crippen molar-refractivity contribution in [1.82, 2.24) is 5.32 Å². The van der Waals surface area contributed by atoms with E-state index in [0.717, 1.165) is 0 Å². The highest BCUT2D eigenvalue weighted by molar-refractivity contribution is 4.91. The minimum Gasteiger partial charge on any atom is -0.395 e. The van der Waals surface area contributed by atoms with Gasteiger partial charge in [0.25, 0.3) is 0 Å². The predicted octanol–water partition coefficient (Wildman–Crippen LogP) is -2.97. The van der Waals surface area contributed by atoms with Crippen molar-refractivity contribution >= 4 is 0 Å². The van der Waals surface area contributed by atoms with Crippen molar-refractivity contribution in [2.24, 2.45) is 0 Å². The van der Waals surface area contributed by atoms with Crippen LogP contribution in [-0.2, 0) is 0 Å². The number of piperidine rings is 1. The molecule has 1 fully saturated rings. The monoisotopic (exact) mass is 163 g/mol.